The van der Waals surface area contributed by atoms with Crippen molar-refractivity contribution < 1.29 is 33.2 Å². The maximum atomic E-state index is 6.66. The minimum Gasteiger partial charge on any atom is -0.494 e. The molecular weight excluding hydrogens is 592 g/mol. The number of ether oxygens (including phenoxy) is 7. The summed E-state index contributed by atoms with van der Waals surface area (Å²) < 4.78 is 44.5. The van der Waals surface area contributed by atoms with Gasteiger partial charge < -0.3 is 33.2 Å². The standard InChI is InChI=1S/C40H78O7/c1-9-15-21-23-25-27-29-35(43-31-17-11-3)37(45-33-19-13-5)39(41-7)47-40(42-8)38(46-34-20-14-6)36(44-32-18-12-4)30-28-26-24-22-16-10-2/h39-40H,9-34H2,1-8H3. The molecule has 0 saturated carbocycles. The molecule has 0 rings (SSSR count). The van der Waals surface area contributed by atoms with E-state index in [0.29, 0.717) is 37.9 Å². The Balaban J connectivity index is 6.46. The smallest absolute Gasteiger partial charge is 0.222 e. The lowest BCUT2D eigenvalue weighted by Crippen LogP contribution is -2.32. The summed E-state index contributed by atoms with van der Waals surface area (Å²) in [5, 5.41) is 0. The van der Waals surface area contributed by atoms with Crippen LogP contribution >= 0.6 is 0 Å². The quantitative estimate of drug-likeness (QED) is 0.0373. The Morgan fingerprint density at radius 2 is 0.660 bits per heavy atom. The summed E-state index contributed by atoms with van der Waals surface area (Å²) >= 11 is 0. The van der Waals surface area contributed by atoms with Crippen molar-refractivity contribution in [3.63, 3.8) is 0 Å². The molecule has 0 aromatic rings. The van der Waals surface area contributed by atoms with Crippen LogP contribution in [-0.2, 0) is 33.2 Å². The zero-order valence-corrected chi connectivity index (χ0v) is 32.4. The molecular formula is C40H78O7. The first-order chi connectivity index (χ1) is 23.1. The topological polar surface area (TPSA) is 64.6 Å². The Labute approximate surface area is 291 Å². The molecule has 0 fully saturated rings. The first-order valence-corrected chi connectivity index (χ1v) is 19.8. The van der Waals surface area contributed by atoms with Gasteiger partial charge in [0.1, 0.15) is 11.5 Å². The summed E-state index contributed by atoms with van der Waals surface area (Å²) in [5.41, 5.74) is 0. The van der Waals surface area contributed by atoms with E-state index in [9.17, 15) is 0 Å². The lowest BCUT2D eigenvalue weighted by atomic mass is 10.1. The van der Waals surface area contributed by atoms with Gasteiger partial charge in [0.25, 0.3) is 0 Å². The van der Waals surface area contributed by atoms with Crippen molar-refractivity contribution in [1.82, 2.24) is 0 Å². The number of rotatable bonds is 36. The molecule has 0 radical (unpaired) electrons. The van der Waals surface area contributed by atoms with Crippen LogP contribution in [-0.4, -0.2) is 53.2 Å². The molecule has 0 aromatic heterocycles. The number of hydrogen-bond donors (Lipinski definition) is 0. The molecule has 0 aliphatic carbocycles. The molecule has 0 heterocycles. The fraction of sp³-hybridized carbons (Fsp3) is 0.900. The van der Waals surface area contributed by atoms with E-state index >= 15 is 0 Å². The van der Waals surface area contributed by atoms with Crippen LogP contribution in [0.4, 0.5) is 0 Å². The summed E-state index contributed by atoms with van der Waals surface area (Å²) in [4.78, 5) is 0. The number of hydrogen-bond acceptors (Lipinski definition) is 7. The zero-order valence-electron chi connectivity index (χ0n) is 32.4. The first kappa shape index (κ1) is 45.6. The Kier molecular flexibility index (Phi) is 33.4. The third-order valence-electron chi connectivity index (χ3n) is 8.23. The third-order valence-corrected chi connectivity index (χ3v) is 8.23. The molecule has 0 bridgehead atoms. The van der Waals surface area contributed by atoms with E-state index in [0.717, 1.165) is 101 Å². The molecule has 7 nitrogen and oxygen atoms in total. The highest BCUT2D eigenvalue weighted by molar-refractivity contribution is 5.09. The van der Waals surface area contributed by atoms with Crippen LogP contribution in [0, 0.1) is 0 Å². The predicted molar refractivity (Wildman–Crippen MR) is 196 cm³/mol. The van der Waals surface area contributed by atoms with Crippen molar-refractivity contribution in [3.05, 3.63) is 23.0 Å². The van der Waals surface area contributed by atoms with Crippen LogP contribution in [0.15, 0.2) is 23.0 Å². The van der Waals surface area contributed by atoms with Crippen molar-refractivity contribution in [2.45, 2.75) is 195 Å². The Hall–Kier alpha value is -1.44. The van der Waals surface area contributed by atoms with Gasteiger partial charge in [0, 0.05) is 27.1 Å². The SMILES string of the molecule is CCCCCCCCC(OCCCC)=C(OCCCC)C(OC)OC(OC)C(OCCCC)=C(CCCCCCCC)OCCCC. The molecule has 0 aliphatic heterocycles. The lowest BCUT2D eigenvalue weighted by molar-refractivity contribution is -0.227. The van der Waals surface area contributed by atoms with Crippen LogP contribution in [0.3, 0.4) is 0 Å². The summed E-state index contributed by atoms with van der Waals surface area (Å²) in [7, 11) is 3.32. The highest BCUT2D eigenvalue weighted by Crippen LogP contribution is 2.28. The van der Waals surface area contributed by atoms with Gasteiger partial charge in [-0.25, -0.2) is 0 Å². The van der Waals surface area contributed by atoms with E-state index in [1.165, 1.54) is 51.4 Å². The van der Waals surface area contributed by atoms with E-state index in [-0.39, 0.29) is 0 Å². The number of unbranched alkanes of at least 4 members (excludes halogenated alkanes) is 14. The average Bonchev–Trinajstić information content (AvgIpc) is 3.08. The summed E-state index contributed by atoms with van der Waals surface area (Å²) in [5.74, 6) is 2.89. The van der Waals surface area contributed by atoms with Crippen molar-refractivity contribution in [3.8, 4) is 0 Å². The maximum absolute atomic E-state index is 6.66. The zero-order chi connectivity index (χ0) is 34.8. The maximum Gasteiger partial charge on any atom is 0.222 e. The Bertz CT molecular complexity index is 676. The normalized spacial score (nSPS) is 14.0. The van der Waals surface area contributed by atoms with Crippen LogP contribution in [0.5, 0.6) is 0 Å². The van der Waals surface area contributed by atoms with E-state index in [4.69, 9.17) is 33.2 Å². The second-order valence-corrected chi connectivity index (χ2v) is 12.7. The first-order valence-electron chi connectivity index (χ1n) is 19.8. The van der Waals surface area contributed by atoms with E-state index in [1.54, 1.807) is 14.2 Å². The van der Waals surface area contributed by atoms with Gasteiger partial charge in [-0.2, -0.15) is 0 Å². The molecule has 0 aromatic carbocycles. The average molecular weight is 671 g/mol. The molecule has 2 unspecified atom stereocenters. The highest BCUT2D eigenvalue weighted by atomic mass is 16.8. The summed E-state index contributed by atoms with van der Waals surface area (Å²) in [6.45, 7) is 15.6. The van der Waals surface area contributed by atoms with Gasteiger partial charge in [-0.3, -0.25) is 0 Å². The molecule has 7 heteroatoms. The van der Waals surface area contributed by atoms with Crippen LogP contribution in [0.2, 0.25) is 0 Å². The fourth-order valence-corrected chi connectivity index (χ4v) is 5.12. The molecule has 0 spiro atoms. The molecule has 47 heavy (non-hydrogen) atoms. The van der Waals surface area contributed by atoms with Crippen LogP contribution in [0.1, 0.15) is 183 Å². The van der Waals surface area contributed by atoms with Gasteiger partial charge in [0.05, 0.1) is 26.4 Å². The second-order valence-electron chi connectivity index (χ2n) is 12.7. The summed E-state index contributed by atoms with van der Waals surface area (Å²) in [6.07, 6.45) is 22.5. The van der Waals surface area contributed by atoms with Crippen LogP contribution < -0.4 is 0 Å². The molecule has 0 amide bonds. The van der Waals surface area contributed by atoms with Crippen molar-refractivity contribution in [1.29, 1.82) is 0 Å². The largest absolute Gasteiger partial charge is 0.494 e. The fourth-order valence-electron chi connectivity index (χ4n) is 5.12. The van der Waals surface area contributed by atoms with Gasteiger partial charge in [-0.05, 0) is 38.5 Å². The minimum absolute atomic E-state index is 0.572. The van der Waals surface area contributed by atoms with Crippen molar-refractivity contribution in [2.75, 3.05) is 40.6 Å². The number of allylic oxidation sites excluding steroid dienone is 2. The Morgan fingerprint density at radius 3 is 0.979 bits per heavy atom. The van der Waals surface area contributed by atoms with Gasteiger partial charge >= 0.3 is 0 Å². The van der Waals surface area contributed by atoms with E-state index in [2.05, 4.69) is 41.5 Å². The third kappa shape index (κ3) is 23.5. The molecule has 0 saturated heterocycles. The highest BCUT2D eigenvalue weighted by Gasteiger charge is 2.31. The Morgan fingerprint density at radius 1 is 0.362 bits per heavy atom. The predicted octanol–water partition coefficient (Wildman–Crippen LogP) is 12.1. The molecule has 0 N–H and O–H groups in total. The lowest BCUT2D eigenvalue weighted by Gasteiger charge is -2.29. The molecule has 280 valence electrons. The molecule has 0 aliphatic rings. The monoisotopic (exact) mass is 671 g/mol. The van der Waals surface area contributed by atoms with Gasteiger partial charge in [-0.15, -0.1) is 0 Å². The second kappa shape index (κ2) is 34.4. The van der Waals surface area contributed by atoms with E-state index < -0.39 is 12.6 Å². The number of methoxy groups -OCH3 is 2. The van der Waals surface area contributed by atoms with Gasteiger partial charge in [0.2, 0.25) is 12.6 Å². The van der Waals surface area contributed by atoms with Crippen LogP contribution in [0.25, 0.3) is 0 Å². The minimum atomic E-state index is -0.816. The van der Waals surface area contributed by atoms with Gasteiger partial charge in [0.15, 0.2) is 11.5 Å². The van der Waals surface area contributed by atoms with Crippen molar-refractivity contribution >= 4 is 0 Å². The van der Waals surface area contributed by atoms with Crippen molar-refractivity contribution in [2.24, 2.45) is 0 Å². The van der Waals surface area contributed by atoms with Gasteiger partial charge in [-0.1, -0.05) is 131 Å². The summed E-state index contributed by atoms with van der Waals surface area (Å²) in [6, 6.07) is 0. The molecule has 2 atom stereocenters. The van der Waals surface area contributed by atoms with E-state index in [1.807, 2.05) is 0 Å².